The highest BCUT2D eigenvalue weighted by Crippen LogP contribution is 2.31. The van der Waals surface area contributed by atoms with E-state index in [0.717, 1.165) is 13.0 Å². The monoisotopic (exact) mass is 220 g/mol. The molecule has 0 bridgehead atoms. The molecule has 0 saturated carbocycles. The molecule has 3 N–H and O–H groups in total. The van der Waals surface area contributed by atoms with Crippen molar-refractivity contribution in [3.8, 4) is 0 Å². The van der Waals surface area contributed by atoms with E-state index < -0.39 is 21.0 Å². The van der Waals surface area contributed by atoms with E-state index in [1.807, 2.05) is 0 Å². The molecule has 0 aromatic heterocycles. The maximum Gasteiger partial charge on any atom is 0.277 e. The Bertz CT molecular complexity index is 405. The highest BCUT2D eigenvalue weighted by molar-refractivity contribution is 7.87. The van der Waals surface area contributed by atoms with Gasteiger partial charge in [0.25, 0.3) is 10.1 Å². The lowest BCUT2D eigenvalue weighted by atomic mass is 9.94. The highest BCUT2D eigenvalue weighted by Gasteiger charge is 2.44. The van der Waals surface area contributed by atoms with Gasteiger partial charge in [-0.15, -0.1) is 0 Å². The maximum absolute atomic E-state index is 11.0. The molecule has 1 rings (SSSR count). The Labute approximate surface area is 82.1 Å². The third-order valence-electron chi connectivity index (χ3n) is 2.38. The van der Waals surface area contributed by atoms with Crippen LogP contribution in [0.25, 0.3) is 0 Å². The van der Waals surface area contributed by atoms with Crippen LogP contribution in [0.1, 0.15) is 13.8 Å². The van der Waals surface area contributed by atoms with Gasteiger partial charge in [-0.3, -0.25) is 4.55 Å². The first-order valence-electron chi connectivity index (χ1n) is 3.94. The van der Waals surface area contributed by atoms with Gasteiger partial charge in [0, 0.05) is 0 Å². The van der Waals surface area contributed by atoms with Crippen molar-refractivity contribution in [3.63, 3.8) is 0 Å². The normalized spacial score (nSPS) is 33.6. The fourth-order valence-corrected chi connectivity index (χ4v) is 1.82. The average Bonchev–Trinajstić information content (AvgIpc) is 1.99. The first-order chi connectivity index (χ1) is 6.18. The summed E-state index contributed by atoms with van der Waals surface area (Å²) in [6.45, 7) is 2.66. The van der Waals surface area contributed by atoms with Gasteiger partial charge in [-0.25, -0.2) is 0 Å². The van der Waals surface area contributed by atoms with Crippen LogP contribution in [0.3, 0.4) is 0 Å². The Balaban J connectivity index is 3.30. The van der Waals surface area contributed by atoms with Crippen LogP contribution in [0, 0.1) is 0 Å². The van der Waals surface area contributed by atoms with Crippen LogP contribution >= 0.6 is 0 Å². The van der Waals surface area contributed by atoms with Crippen molar-refractivity contribution >= 4 is 10.1 Å². The van der Waals surface area contributed by atoms with E-state index in [0.29, 0.717) is 5.57 Å². The van der Waals surface area contributed by atoms with Crippen LogP contribution in [0.15, 0.2) is 23.5 Å². The molecule has 0 spiro atoms. The van der Waals surface area contributed by atoms with E-state index >= 15 is 0 Å². The van der Waals surface area contributed by atoms with E-state index in [4.69, 9.17) is 4.55 Å². The van der Waals surface area contributed by atoms with Gasteiger partial charge in [-0.2, -0.15) is 8.42 Å². The Morgan fingerprint density at radius 1 is 1.50 bits per heavy atom. The van der Waals surface area contributed by atoms with E-state index in [2.05, 4.69) is 0 Å². The largest absolute Gasteiger partial charge is 0.508 e. The van der Waals surface area contributed by atoms with E-state index in [-0.39, 0.29) is 5.76 Å². The molecule has 5 nitrogen and oxygen atoms in total. The predicted octanol–water partition coefficient (Wildman–Crippen LogP) is 0.396. The molecule has 0 heterocycles. The summed E-state index contributed by atoms with van der Waals surface area (Å²) in [7, 11) is -4.46. The molecule has 6 heteroatoms. The van der Waals surface area contributed by atoms with Crippen molar-refractivity contribution in [1.29, 1.82) is 0 Å². The summed E-state index contributed by atoms with van der Waals surface area (Å²) in [6, 6.07) is 0. The molecule has 1 aliphatic rings. The minimum absolute atomic E-state index is 0.254. The number of aliphatic hydroxyl groups is 2. The van der Waals surface area contributed by atoms with E-state index in [1.165, 1.54) is 13.0 Å². The molecule has 0 aromatic carbocycles. The summed E-state index contributed by atoms with van der Waals surface area (Å²) in [5.74, 6) is -0.254. The van der Waals surface area contributed by atoms with Crippen LogP contribution in [0.2, 0.25) is 0 Å². The number of rotatable bonds is 1. The molecule has 2 atom stereocenters. The van der Waals surface area contributed by atoms with Crippen LogP contribution in [0.5, 0.6) is 0 Å². The standard InChI is InChI=1S/C8H12O5S/c1-5-3-7(10)8(2,4-6(5)9)14(11,12)13/h3-4,7,9-10H,1-2H3,(H,11,12,13). The van der Waals surface area contributed by atoms with Crippen LogP contribution in [0.4, 0.5) is 0 Å². The predicted molar refractivity (Wildman–Crippen MR) is 50.4 cm³/mol. The van der Waals surface area contributed by atoms with Gasteiger partial charge in [0.1, 0.15) is 10.5 Å². The molecular formula is C8H12O5S. The Kier molecular flexibility index (Phi) is 2.47. The second-order valence-corrected chi connectivity index (χ2v) is 5.31. The zero-order valence-electron chi connectivity index (χ0n) is 7.80. The molecule has 1 aliphatic carbocycles. The molecule has 0 radical (unpaired) electrons. The Morgan fingerprint density at radius 3 is 2.43 bits per heavy atom. The smallest absolute Gasteiger partial charge is 0.277 e. The minimum Gasteiger partial charge on any atom is -0.508 e. The number of aliphatic hydroxyl groups excluding tert-OH is 2. The fourth-order valence-electron chi connectivity index (χ4n) is 1.19. The zero-order chi connectivity index (χ0) is 11.1. The number of hydrogen-bond donors (Lipinski definition) is 3. The SMILES string of the molecule is CC1=CC(O)C(C)(S(=O)(=O)O)C=C1O. The number of hydrogen-bond acceptors (Lipinski definition) is 4. The first-order valence-corrected chi connectivity index (χ1v) is 5.38. The van der Waals surface area contributed by atoms with Gasteiger partial charge >= 0.3 is 0 Å². The van der Waals surface area contributed by atoms with Gasteiger partial charge in [-0.1, -0.05) is 0 Å². The van der Waals surface area contributed by atoms with Crippen LogP contribution in [-0.2, 0) is 10.1 Å². The second-order valence-electron chi connectivity index (χ2n) is 3.48. The summed E-state index contributed by atoms with van der Waals surface area (Å²) >= 11 is 0. The summed E-state index contributed by atoms with van der Waals surface area (Å²) < 4.78 is 29.0. The third kappa shape index (κ3) is 1.56. The molecule has 0 amide bonds. The van der Waals surface area contributed by atoms with Gasteiger partial charge in [-0.05, 0) is 31.6 Å². The lowest BCUT2D eigenvalue weighted by Crippen LogP contribution is -2.45. The minimum atomic E-state index is -4.46. The highest BCUT2D eigenvalue weighted by atomic mass is 32.2. The maximum atomic E-state index is 11.0. The molecule has 0 saturated heterocycles. The fraction of sp³-hybridized carbons (Fsp3) is 0.500. The molecule has 0 aliphatic heterocycles. The van der Waals surface area contributed by atoms with Crippen molar-refractivity contribution in [2.24, 2.45) is 0 Å². The van der Waals surface area contributed by atoms with E-state index in [1.54, 1.807) is 0 Å². The summed E-state index contributed by atoms with van der Waals surface area (Å²) in [5.41, 5.74) is 0.374. The van der Waals surface area contributed by atoms with Crippen molar-refractivity contribution < 1.29 is 23.2 Å². The van der Waals surface area contributed by atoms with Gasteiger partial charge in [0.05, 0.1) is 6.10 Å². The molecule has 80 valence electrons. The molecule has 0 fully saturated rings. The summed E-state index contributed by atoms with van der Waals surface area (Å²) in [6.07, 6.45) is 0.749. The average molecular weight is 220 g/mol. The molecule has 2 unspecified atom stereocenters. The summed E-state index contributed by atoms with van der Waals surface area (Å²) in [5, 5.41) is 18.8. The van der Waals surface area contributed by atoms with E-state index in [9.17, 15) is 18.6 Å². The van der Waals surface area contributed by atoms with Crippen LogP contribution < -0.4 is 0 Å². The van der Waals surface area contributed by atoms with Crippen molar-refractivity contribution in [3.05, 3.63) is 23.5 Å². The van der Waals surface area contributed by atoms with Crippen molar-refractivity contribution in [1.82, 2.24) is 0 Å². The lowest BCUT2D eigenvalue weighted by Gasteiger charge is -2.30. The van der Waals surface area contributed by atoms with Crippen molar-refractivity contribution in [2.75, 3.05) is 0 Å². The lowest BCUT2D eigenvalue weighted by molar-refractivity contribution is 0.182. The molecular weight excluding hydrogens is 208 g/mol. The van der Waals surface area contributed by atoms with Crippen LogP contribution in [-0.4, -0.2) is 34.0 Å². The Morgan fingerprint density at radius 2 is 2.00 bits per heavy atom. The van der Waals surface area contributed by atoms with Gasteiger partial charge < -0.3 is 10.2 Å². The molecule has 14 heavy (non-hydrogen) atoms. The van der Waals surface area contributed by atoms with Gasteiger partial charge in [0.2, 0.25) is 0 Å². The van der Waals surface area contributed by atoms with Crippen molar-refractivity contribution in [2.45, 2.75) is 24.7 Å². The molecule has 0 aromatic rings. The first kappa shape index (κ1) is 11.2. The topological polar surface area (TPSA) is 94.8 Å². The second kappa shape index (κ2) is 3.08. The zero-order valence-corrected chi connectivity index (χ0v) is 8.61. The summed E-state index contributed by atoms with van der Waals surface area (Å²) in [4.78, 5) is 0. The third-order valence-corrected chi connectivity index (χ3v) is 3.85. The quantitative estimate of drug-likeness (QED) is 0.556. The Hall–Kier alpha value is -0.850. The van der Waals surface area contributed by atoms with Gasteiger partial charge in [0.15, 0.2) is 0 Å². The number of allylic oxidation sites excluding steroid dienone is 1.